The second-order valence-corrected chi connectivity index (χ2v) is 9.75. The molecule has 1 heterocycles. The van der Waals surface area contributed by atoms with E-state index in [1.165, 1.54) is 5.56 Å². The summed E-state index contributed by atoms with van der Waals surface area (Å²) in [5, 5.41) is 0. The van der Waals surface area contributed by atoms with Crippen molar-refractivity contribution < 1.29 is 0 Å². The van der Waals surface area contributed by atoms with E-state index in [0.29, 0.717) is 5.62 Å². The lowest BCUT2D eigenvalue weighted by Crippen LogP contribution is -2.33. The molecule has 7 heteroatoms. The highest BCUT2D eigenvalue weighted by molar-refractivity contribution is 8.11. The van der Waals surface area contributed by atoms with Crippen molar-refractivity contribution in [1.82, 2.24) is 18.9 Å². The van der Waals surface area contributed by atoms with Crippen molar-refractivity contribution in [3.63, 3.8) is 0 Å². The summed E-state index contributed by atoms with van der Waals surface area (Å²) in [6, 6.07) is 12.3. The third-order valence-corrected chi connectivity index (χ3v) is 9.09. The number of benzene rings is 1. The Kier molecular flexibility index (Phi) is 8.16. The van der Waals surface area contributed by atoms with Crippen LogP contribution in [-0.4, -0.2) is 45.1 Å². The first-order valence-electron chi connectivity index (χ1n) is 9.31. The zero-order valence-corrected chi connectivity index (χ0v) is 18.0. The average Bonchev–Trinajstić information content (AvgIpc) is 2.66. The van der Waals surface area contributed by atoms with Gasteiger partial charge in [-0.1, -0.05) is 58.0 Å². The fourth-order valence-electron chi connectivity index (χ4n) is 2.99. The van der Waals surface area contributed by atoms with Crippen LogP contribution in [0.25, 0.3) is 0 Å². The number of hydrogen-bond donors (Lipinski definition) is 0. The zero-order valence-electron chi connectivity index (χ0n) is 16.2. The summed E-state index contributed by atoms with van der Waals surface area (Å²) < 4.78 is 11.8. The van der Waals surface area contributed by atoms with Crippen molar-refractivity contribution >= 4 is 18.3 Å². The Hall–Kier alpha value is -1.33. The molecule has 0 saturated heterocycles. The molecule has 0 N–H and O–H groups in total. The fraction of sp³-hybridized carbons (Fsp3) is 0.474. The van der Waals surface area contributed by atoms with Crippen LogP contribution in [0.3, 0.4) is 0 Å². The van der Waals surface area contributed by atoms with Crippen molar-refractivity contribution in [2.45, 2.75) is 34.2 Å². The van der Waals surface area contributed by atoms with Gasteiger partial charge in [0.25, 0.3) is 0 Å². The largest absolute Gasteiger partial charge is 0.313 e. The van der Waals surface area contributed by atoms with Gasteiger partial charge in [-0.3, -0.25) is 0 Å². The van der Waals surface area contributed by atoms with Gasteiger partial charge in [-0.05, 0) is 23.4 Å². The minimum Gasteiger partial charge on any atom is -0.313 e. The first-order valence-corrected chi connectivity index (χ1v) is 12.0. The van der Waals surface area contributed by atoms with Crippen LogP contribution in [0.4, 0.5) is 0 Å². The van der Waals surface area contributed by atoms with E-state index in [4.69, 9.17) is 16.6 Å². The van der Waals surface area contributed by atoms with Crippen LogP contribution in [0.5, 0.6) is 0 Å². The van der Waals surface area contributed by atoms with Gasteiger partial charge in [-0.15, -0.1) is 0 Å². The van der Waals surface area contributed by atoms with Crippen LogP contribution in [0.2, 0.25) is 0 Å². The molecule has 2 rings (SSSR count). The van der Waals surface area contributed by atoms with Gasteiger partial charge in [0.05, 0.1) is 6.54 Å². The molecule has 0 fully saturated rings. The van der Waals surface area contributed by atoms with Crippen LogP contribution >= 0.6 is 6.49 Å². The molecular weight excluding hydrogens is 361 g/mol. The standard InChI is InChI=1S/C19H30N5PS/c1-5-23(6-2)25(26,24(7-3)8-4)21-19-20-15-12-16-22(19)17-18-13-10-9-11-14-18/h9-16H,5-8,17H2,1-4H3/b21-19+. The summed E-state index contributed by atoms with van der Waals surface area (Å²) in [5.74, 6) is 0. The molecule has 2 aromatic rings. The quantitative estimate of drug-likeness (QED) is 0.610. The Morgan fingerprint density at radius 3 is 2.08 bits per heavy atom. The molecule has 0 saturated carbocycles. The molecule has 0 unspecified atom stereocenters. The van der Waals surface area contributed by atoms with Crippen LogP contribution in [0.1, 0.15) is 33.3 Å². The maximum atomic E-state index is 6.19. The second kappa shape index (κ2) is 10.1. The Bertz CT molecular complexity index is 766. The highest BCUT2D eigenvalue weighted by Gasteiger charge is 2.29. The summed E-state index contributed by atoms with van der Waals surface area (Å²) in [7, 11) is 0. The molecule has 1 aromatic heterocycles. The molecule has 0 bridgehead atoms. The van der Waals surface area contributed by atoms with Crippen LogP contribution < -0.4 is 5.62 Å². The molecule has 0 atom stereocenters. The lowest BCUT2D eigenvalue weighted by Gasteiger charge is -2.37. The molecule has 142 valence electrons. The second-order valence-electron chi connectivity index (χ2n) is 5.92. The first-order chi connectivity index (χ1) is 12.6. The summed E-state index contributed by atoms with van der Waals surface area (Å²) in [6.45, 7) is 10.6. The van der Waals surface area contributed by atoms with Gasteiger partial charge in [0, 0.05) is 38.6 Å². The van der Waals surface area contributed by atoms with E-state index < -0.39 is 6.49 Å². The van der Waals surface area contributed by atoms with E-state index in [1.807, 2.05) is 18.3 Å². The zero-order chi connectivity index (χ0) is 19.0. The summed E-state index contributed by atoms with van der Waals surface area (Å²) in [6.07, 6.45) is 3.83. The van der Waals surface area contributed by atoms with E-state index in [2.05, 4.69) is 70.9 Å². The first kappa shape index (κ1) is 21.0. The van der Waals surface area contributed by atoms with E-state index in [1.54, 1.807) is 6.20 Å². The Balaban J connectivity index is 2.55. The molecular formula is C19H30N5PS. The molecule has 26 heavy (non-hydrogen) atoms. The molecule has 5 nitrogen and oxygen atoms in total. The third kappa shape index (κ3) is 4.89. The van der Waals surface area contributed by atoms with Crippen molar-refractivity contribution in [2.75, 3.05) is 26.2 Å². The normalized spacial score (nSPS) is 12.9. The van der Waals surface area contributed by atoms with Gasteiger partial charge >= 0.3 is 0 Å². The van der Waals surface area contributed by atoms with Crippen molar-refractivity contribution in [1.29, 1.82) is 0 Å². The predicted molar refractivity (Wildman–Crippen MR) is 113 cm³/mol. The molecule has 1 aromatic carbocycles. The van der Waals surface area contributed by atoms with Crippen LogP contribution in [-0.2, 0) is 18.4 Å². The van der Waals surface area contributed by atoms with E-state index in [0.717, 1.165) is 32.7 Å². The molecule has 0 amide bonds. The van der Waals surface area contributed by atoms with Gasteiger partial charge in [0.15, 0.2) is 6.49 Å². The Labute approximate surface area is 162 Å². The van der Waals surface area contributed by atoms with Crippen molar-refractivity contribution in [3.05, 3.63) is 60.0 Å². The monoisotopic (exact) mass is 391 g/mol. The number of hydrogen-bond acceptors (Lipinski definition) is 2. The predicted octanol–water partition coefficient (Wildman–Crippen LogP) is 3.74. The minimum absolute atomic E-state index is 0.707. The molecule has 0 aliphatic heterocycles. The SMILES string of the molecule is CCN(CC)P(=S)(/N=c1\ncccn1Cc1ccccc1)N(CC)CC. The summed E-state index contributed by atoms with van der Waals surface area (Å²) >= 11 is 6.19. The topological polar surface area (TPSA) is 36.7 Å². The van der Waals surface area contributed by atoms with E-state index in [-0.39, 0.29) is 0 Å². The van der Waals surface area contributed by atoms with E-state index in [9.17, 15) is 0 Å². The van der Waals surface area contributed by atoms with Gasteiger partial charge in [-0.2, -0.15) is 4.76 Å². The van der Waals surface area contributed by atoms with Crippen LogP contribution in [0, 0.1) is 0 Å². The minimum atomic E-state index is -2.25. The van der Waals surface area contributed by atoms with Crippen molar-refractivity contribution in [2.24, 2.45) is 4.76 Å². The number of rotatable bonds is 9. The van der Waals surface area contributed by atoms with E-state index >= 15 is 0 Å². The lowest BCUT2D eigenvalue weighted by atomic mass is 10.2. The van der Waals surface area contributed by atoms with Crippen molar-refractivity contribution in [3.8, 4) is 0 Å². The molecule has 0 aliphatic carbocycles. The van der Waals surface area contributed by atoms with Gasteiger partial charge < -0.3 is 4.57 Å². The van der Waals surface area contributed by atoms with Gasteiger partial charge in [0.1, 0.15) is 0 Å². The van der Waals surface area contributed by atoms with Crippen LogP contribution in [0.15, 0.2) is 53.6 Å². The van der Waals surface area contributed by atoms with Gasteiger partial charge in [-0.25, -0.2) is 14.3 Å². The average molecular weight is 392 g/mol. The highest BCUT2D eigenvalue weighted by Crippen LogP contribution is 2.54. The summed E-state index contributed by atoms with van der Waals surface area (Å²) in [4.78, 5) is 4.57. The highest BCUT2D eigenvalue weighted by atomic mass is 32.4. The molecule has 0 aliphatic rings. The Morgan fingerprint density at radius 2 is 1.54 bits per heavy atom. The lowest BCUT2D eigenvalue weighted by molar-refractivity contribution is 0.419. The maximum absolute atomic E-state index is 6.19. The number of aromatic nitrogens is 2. The fourth-order valence-corrected chi connectivity index (χ4v) is 7.07. The smallest absolute Gasteiger partial charge is 0.231 e. The van der Waals surface area contributed by atoms with Gasteiger partial charge in [0.2, 0.25) is 5.62 Å². The molecule has 0 spiro atoms. The maximum Gasteiger partial charge on any atom is 0.231 e. The number of nitrogens with zero attached hydrogens (tertiary/aromatic N) is 5. The Morgan fingerprint density at radius 1 is 0.962 bits per heavy atom. The molecule has 0 radical (unpaired) electrons. The summed E-state index contributed by atoms with van der Waals surface area (Å²) in [5.41, 5.74) is 1.93. The third-order valence-electron chi connectivity index (χ3n) is 4.41.